The second kappa shape index (κ2) is 6.52. The van der Waals surface area contributed by atoms with Crippen molar-refractivity contribution in [2.45, 2.75) is 25.5 Å². The number of nitrogens with one attached hydrogen (secondary N) is 1. The molecule has 1 fully saturated rings. The van der Waals surface area contributed by atoms with Gasteiger partial charge in [0.25, 0.3) is 0 Å². The van der Waals surface area contributed by atoms with Crippen LogP contribution >= 0.6 is 22.6 Å². The SMILES string of the molecule is Oc1cccc(Nc2nc(I)nc3c2ncn3C2CCCCO2)c1. The van der Waals surface area contributed by atoms with Gasteiger partial charge in [-0.05, 0) is 31.4 Å². The summed E-state index contributed by atoms with van der Waals surface area (Å²) in [6.07, 6.45) is 4.93. The lowest BCUT2D eigenvalue weighted by atomic mass is 10.2. The summed E-state index contributed by atoms with van der Waals surface area (Å²) in [6.45, 7) is 0.765. The maximum absolute atomic E-state index is 9.62. The Bertz CT molecular complexity index is 876. The lowest BCUT2D eigenvalue weighted by Gasteiger charge is -2.23. The molecule has 4 rings (SSSR count). The van der Waals surface area contributed by atoms with Crippen LogP contribution < -0.4 is 5.32 Å². The van der Waals surface area contributed by atoms with Gasteiger partial charge in [-0.15, -0.1) is 0 Å². The molecule has 1 saturated heterocycles. The smallest absolute Gasteiger partial charge is 0.194 e. The first-order valence-corrected chi connectivity index (χ1v) is 8.86. The zero-order valence-corrected chi connectivity index (χ0v) is 15.0. The van der Waals surface area contributed by atoms with Gasteiger partial charge >= 0.3 is 0 Å². The molecular formula is C16H16IN5O2. The number of aromatic nitrogens is 4. The molecule has 1 aliphatic heterocycles. The first kappa shape index (κ1) is 15.6. The van der Waals surface area contributed by atoms with Crippen LogP contribution in [-0.4, -0.2) is 31.2 Å². The second-order valence-electron chi connectivity index (χ2n) is 5.66. The molecule has 2 aromatic heterocycles. The van der Waals surface area contributed by atoms with Gasteiger partial charge in [0.05, 0.1) is 6.33 Å². The van der Waals surface area contributed by atoms with Crippen LogP contribution in [0.1, 0.15) is 25.5 Å². The Morgan fingerprint density at radius 1 is 1.29 bits per heavy atom. The van der Waals surface area contributed by atoms with Gasteiger partial charge < -0.3 is 15.2 Å². The van der Waals surface area contributed by atoms with Crippen molar-refractivity contribution < 1.29 is 9.84 Å². The third-order valence-corrected chi connectivity index (χ3v) is 4.45. The third kappa shape index (κ3) is 3.03. The van der Waals surface area contributed by atoms with E-state index >= 15 is 0 Å². The van der Waals surface area contributed by atoms with E-state index < -0.39 is 0 Å². The van der Waals surface area contributed by atoms with Crippen molar-refractivity contribution in [3.05, 3.63) is 34.4 Å². The molecule has 2 N–H and O–H groups in total. The van der Waals surface area contributed by atoms with E-state index in [0.29, 0.717) is 15.2 Å². The van der Waals surface area contributed by atoms with Gasteiger partial charge in [-0.2, -0.15) is 0 Å². The number of fused-ring (bicyclic) bond motifs is 1. The van der Waals surface area contributed by atoms with Gasteiger partial charge in [-0.3, -0.25) is 4.57 Å². The summed E-state index contributed by atoms with van der Waals surface area (Å²) in [4.78, 5) is 13.5. The van der Waals surface area contributed by atoms with Gasteiger partial charge in [-0.1, -0.05) is 6.07 Å². The lowest BCUT2D eigenvalue weighted by Crippen LogP contribution is -2.18. The fraction of sp³-hybridized carbons (Fsp3) is 0.312. The van der Waals surface area contributed by atoms with E-state index in [1.807, 2.05) is 10.6 Å². The quantitative estimate of drug-likeness (QED) is 0.482. The number of hydrogen-bond donors (Lipinski definition) is 2. The fourth-order valence-electron chi connectivity index (χ4n) is 2.85. The predicted octanol–water partition coefficient (Wildman–Crippen LogP) is 3.58. The Hall–Kier alpha value is -1.94. The van der Waals surface area contributed by atoms with Gasteiger partial charge in [0.15, 0.2) is 20.8 Å². The molecular weight excluding hydrogens is 421 g/mol. The number of anilines is 2. The second-order valence-corrected chi connectivity index (χ2v) is 6.63. The summed E-state index contributed by atoms with van der Waals surface area (Å²) in [5.74, 6) is 0.811. The van der Waals surface area contributed by atoms with Crippen LogP contribution in [0.15, 0.2) is 30.6 Å². The average Bonchev–Trinajstić information content (AvgIpc) is 2.99. The highest BCUT2D eigenvalue weighted by Gasteiger charge is 2.21. The van der Waals surface area contributed by atoms with Crippen LogP contribution in [0.2, 0.25) is 0 Å². The number of nitrogens with zero attached hydrogens (tertiary/aromatic N) is 4. The molecule has 1 unspecified atom stereocenters. The molecule has 124 valence electrons. The fourth-order valence-corrected chi connectivity index (χ4v) is 3.32. The van der Waals surface area contributed by atoms with Crippen LogP contribution in [0, 0.1) is 3.83 Å². The van der Waals surface area contributed by atoms with Crippen LogP contribution in [0.5, 0.6) is 5.75 Å². The van der Waals surface area contributed by atoms with Gasteiger partial charge in [0.1, 0.15) is 12.0 Å². The van der Waals surface area contributed by atoms with Crippen molar-refractivity contribution in [1.29, 1.82) is 0 Å². The molecule has 1 atom stereocenters. The Labute approximate surface area is 152 Å². The molecule has 0 amide bonds. The molecule has 0 bridgehead atoms. The van der Waals surface area contributed by atoms with E-state index in [0.717, 1.165) is 37.2 Å². The predicted molar refractivity (Wildman–Crippen MR) is 98.3 cm³/mol. The largest absolute Gasteiger partial charge is 0.508 e. The Morgan fingerprint density at radius 3 is 3.00 bits per heavy atom. The summed E-state index contributed by atoms with van der Waals surface area (Å²) in [5, 5.41) is 12.8. The maximum Gasteiger partial charge on any atom is 0.194 e. The third-order valence-electron chi connectivity index (χ3n) is 3.97. The molecule has 1 aromatic carbocycles. The lowest BCUT2D eigenvalue weighted by molar-refractivity contribution is -0.0298. The van der Waals surface area contributed by atoms with Crippen LogP contribution in [0.4, 0.5) is 11.5 Å². The van der Waals surface area contributed by atoms with Gasteiger partial charge in [0.2, 0.25) is 0 Å². The highest BCUT2D eigenvalue weighted by molar-refractivity contribution is 14.1. The molecule has 0 aliphatic carbocycles. The number of halogens is 1. The zero-order chi connectivity index (χ0) is 16.5. The zero-order valence-electron chi connectivity index (χ0n) is 12.8. The minimum Gasteiger partial charge on any atom is -0.508 e. The molecule has 0 radical (unpaired) electrons. The number of phenolic OH excluding ortho intramolecular Hbond substituents is 1. The minimum atomic E-state index is -0.0249. The molecule has 1 aliphatic rings. The van der Waals surface area contributed by atoms with E-state index in [9.17, 15) is 5.11 Å². The number of imidazole rings is 1. The molecule has 0 spiro atoms. The van der Waals surface area contributed by atoms with Crippen molar-refractivity contribution in [3.8, 4) is 5.75 Å². The highest BCUT2D eigenvalue weighted by atomic mass is 127. The molecule has 0 saturated carbocycles. The monoisotopic (exact) mass is 437 g/mol. The first-order valence-electron chi connectivity index (χ1n) is 7.78. The highest BCUT2D eigenvalue weighted by Crippen LogP contribution is 2.29. The van der Waals surface area contributed by atoms with Crippen molar-refractivity contribution >= 4 is 45.3 Å². The number of hydrogen-bond acceptors (Lipinski definition) is 6. The maximum atomic E-state index is 9.62. The summed E-state index contributed by atoms with van der Waals surface area (Å²) >= 11 is 2.09. The van der Waals surface area contributed by atoms with Crippen LogP contribution in [-0.2, 0) is 4.74 Å². The normalized spacial score (nSPS) is 18.0. The van der Waals surface area contributed by atoms with Crippen LogP contribution in [0.25, 0.3) is 11.2 Å². The van der Waals surface area contributed by atoms with Gasteiger partial charge in [-0.25, -0.2) is 15.0 Å². The Morgan fingerprint density at radius 2 is 2.21 bits per heavy atom. The van der Waals surface area contributed by atoms with Crippen molar-refractivity contribution in [2.24, 2.45) is 0 Å². The summed E-state index contributed by atoms with van der Waals surface area (Å²) in [6, 6.07) is 6.90. The standard InChI is InChI=1S/C16H16IN5O2/c17-16-20-14(19-10-4-3-5-11(23)8-10)13-15(21-16)22(9-18-13)12-6-1-2-7-24-12/h3-5,8-9,12,23H,1-2,6-7H2,(H,19,20,21). The number of benzene rings is 1. The Kier molecular flexibility index (Phi) is 4.23. The number of aromatic hydroxyl groups is 1. The molecule has 8 heteroatoms. The van der Waals surface area contributed by atoms with Crippen LogP contribution in [0.3, 0.4) is 0 Å². The summed E-state index contributed by atoms with van der Waals surface area (Å²) in [5.41, 5.74) is 2.19. The summed E-state index contributed by atoms with van der Waals surface area (Å²) in [7, 11) is 0. The molecule has 7 nitrogen and oxygen atoms in total. The topological polar surface area (TPSA) is 85.1 Å². The molecule has 24 heavy (non-hydrogen) atoms. The average molecular weight is 437 g/mol. The summed E-state index contributed by atoms with van der Waals surface area (Å²) < 4.78 is 8.45. The minimum absolute atomic E-state index is 0.0249. The van der Waals surface area contributed by atoms with Crippen molar-refractivity contribution in [1.82, 2.24) is 19.5 Å². The van der Waals surface area contributed by atoms with E-state index in [-0.39, 0.29) is 12.0 Å². The van der Waals surface area contributed by atoms with E-state index in [4.69, 9.17) is 4.74 Å². The number of ether oxygens (including phenoxy) is 1. The number of phenols is 1. The van der Waals surface area contributed by atoms with Gasteiger partial charge in [0, 0.05) is 41.0 Å². The number of rotatable bonds is 3. The van der Waals surface area contributed by atoms with E-state index in [2.05, 4.69) is 42.9 Å². The van der Waals surface area contributed by atoms with Crippen molar-refractivity contribution in [2.75, 3.05) is 11.9 Å². The first-order chi connectivity index (χ1) is 11.7. The Balaban J connectivity index is 1.74. The van der Waals surface area contributed by atoms with Crippen molar-refractivity contribution in [3.63, 3.8) is 0 Å². The molecule has 3 heterocycles. The molecule has 3 aromatic rings. The van der Waals surface area contributed by atoms with E-state index in [1.54, 1.807) is 24.5 Å². The van der Waals surface area contributed by atoms with E-state index in [1.165, 1.54) is 0 Å².